The van der Waals surface area contributed by atoms with Crippen LogP contribution in [0.15, 0.2) is 60.8 Å². The number of nitrogens with zero attached hydrogens (tertiary/aromatic N) is 6. The van der Waals surface area contributed by atoms with E-state index < -0.39 is 36.5 Å². The monoisotopic (exact) mass is 916 g/mol. The molecule has 2 aromatic carbocycles. The van der Waals surface area contributed by atoms with Crippen molar-refractivity contribution in [3.8, 4) is 23.1 Å². The van der Waals surface area contributed by atoms with E-state index in [0.29, 0.717) is 76.7 Å². The van der Waals surface area contributed by atoms with Gasteiger partial charge in [0.15, 0.2) is 0 Å². The largest absolute Gasteiger partial charge is 0.452 e. The summed E-state index contributed by atoms with van der Waals surface area (Å²) in [6, 6.07) is 12.4. The zero-order valence-electron chi connectivity index (χ0n) is 38.2. The molecule has 0 bridgehead atoms. The number of amides is 6. The molecular weight excluding hydrogens is 861 g/mol. The van der Waals surface area contributed by atoms with Gasteiger partial charge in [0, 0.05) is 48.1 Å². The van der Waals surface area contributed by atoms with Crippen molar-refractivity contribution in [2.45, 2.75) is 94.8 Å². The molecule has 2 atom stereocenters. The second-order valence-electron chi connectivity index (χ2n) is 17.6. The van der Waals surface area contributed by atoms with Crippen molar-refractivity contribution in [2.24, 2.45) is 11.8 Å². The number of aromatic nitrogens is 4. The molecule has 6 amide bonds. The Morgan fingerprint density at radius 2 is 1.19 bits per heavy atom. The summed E-state index contributed by atoms with van der Waals surface area (Å²) in [6.45, 7) is 5.27. The molecule has 0 radical (unpaired) electrons. The van der Waals surface area contributed by atoms with Gasteiger partial charge >= 0.3 is 24.4 Å². The molecule has 2 saturated carbocycles. The number of likely N-dealkylation sites (tertiary alicyclic amines) is 2. The minimum absolute atomic E-state index is 0.00480. The van der Waals surface area contributed by atoms with Crippen molar-refractivity contribution >= 4 is 47.2 Å². The Bertz CT molecular complexity index is 2560. The fourth-order valence-corrected chi connectivity index (χ4v) is 10.2. The van der Waals surface area contributed by atoms with Crippen LogP contribution in [0.3, 0.4) is 0 Å². The number of imidazole rings is 2. The zero-order chi connectivity index (χ0) is 47.4. The van der Waals surface area contributed by atoms with Crippen LogP contribution in [-0.4, -0.2) is 129 Å². The zero-order valence-corrected chi connectivity index (χ0v) is 38.2. The van der Waals surface area contributed by atoms with E-state index in [-0.39, 0.29) is 35.7 Å². The van der Waals surface area contributed by atoms with Crippen LogP contribution in [0, 0.1) is 23.7 Å². The number of carbonyl (C=O) groups is 6. The van der Waals surface area contributed by atoms with Gasteiger partial charge in [0.1, 0.15) is 11.6 Å². The van der Waals surface area contributed by atoms with Gasteiger partial charge in [-0.2, -0.15) is 0 Å². The first-order valence-corrected chi connectivity index (χ1v) is 22.8. The summed E-state index contributed by atoms with van der Waals surface area (Å²) in [5.74, 6) is 7.54. The summed E-state index contributed by atoms with van der Waals surface area (Å²) in [5.41, 5.74) is 5.90. The minimum atomic E-state index is -0.776. The number of carbonyl (C=O) groups excluding carboxylic acids is 6. The number of fused-ring (bicyclic) bond motifs is 1. The molecule has 0 spiro atoms. The number of ether oxygens (including phenoxy) is 4. The van der Waals surface area contributed by atoms with Crippen LogP contribution in [0.25, 0.3) is 22.3 Å². The van der Waals surface area contributed by atoms with E-state index in [1.807, 2.05) is 52.3 Å². The van der Waals surface area contributed by atoms with Crippen molar-refractivity contribution in [3.05, 3.63) is 83.6 Å². The van der Waals surface area contributed by atoms with Crippen LogP contribution in [0.5, 0.6) is 0 Å². The third-order valence-corrected chi connectivity index (χ3v) is 13.7. The van der Waals surface area contributed by atoms with Gasteiger partial charge in [-0.05, 0) is 107 Å². The molecule has 8 rings (SSSR count). The molecule has 4 fully saturated rings. The Labute approximate surface area is 388 Å². The molecule has 4 heterocycles. The maximum Gasteiger partial charge on any atom is 0.419 e. The van der Waals surface area contributed by atoms with Gasteiger partial charge in [-0.3, -0.25) is 9.59 Å². The normalized spacial score (nSPS) is 22.7. The highest BCUT2D eigenvalue weighted by molar-refractivity contribution is 5.89. The number of hydrogen-bond donors (Lipinski definition) is 2. The summed E-state index contributed by atoms with van der Waals surface area (Å²) in [6.07, 6.45) is 4.96. The molecule has 0 unspecified atom stereocenters. The fraction of sp³-hybridized carbons (Fsp3) is 0.469. The van der Waals surface area contributed by atoms with Gasteiger partial charge in [0.05, 0.1) is 63.4 Å². The van der Waals surface area contributed by atoms with Crippen molar-refractivity contribution in [1.29, 1.82) is 0 Å². The third-order valence-electron chi connectivity index (χ3n) is 13.7. The average molecular weight is 917 g/mol. The summed E-state index contributed by atoms with van der Waals surface area (Å²) >= 11 is 0. The average Bonchev–Trinajstić information content (AvgIpc) is 4.20. The number of aromatic amines is 2. The molecule has 2 saturated heterocycles. The van der Waals surface area contributed by atoms with Gasteiger partial charge in [0.25, 0.3) is 0 Å². The predicted molar refractivity (Wildman–Crippen MR) is 243 cm³/mol. The Hall–Kier alpha value is -7.16. The second-order valence-corrected chi connectivity index (χ2v) is 17.6. The smallest absolute Gasteiger partial charge is 0.419 e. The van der Waals surface area contributed by atoms with Gasteiger partial charge in [0.2, 0.25) is 11.8 Å². The van der Waals surface area contributed by atoms with Crippen LogP contribution >= 0.6 is 0 Å². The Morgan fingerprint density at radius 1 is 0.657 bits per heavy atom. The van der Waals surface area contributed by atoms with Crippen molar-refractivity contribution in [1.82, 2.24) is 39.5 Å². The summed E-state index contributed by atoms with van der Waals surface area (Å²) < 4.78 is 19.2. The number of rotatable bonds is 7. The van der Waals surface area contributed by atoms with Gasteiger partial charge in [-0.15, -0.1) is 0 Å². The molecule has 18 nitrogen and oxygen atoms in total. The SMILES string of the molecule is C=C1C[C@@H](c2nc3ccc(C#Cc4ccc(-c5cnc([C@@H]6CCCN6C(=O)C6CCC(N(C(=O)OC)C(=O)OC)CC6)[nH]5)cc4)cc3[nH]2)N(C(=O)C2CCC(N(C(=O)OC)C(=O)OC)CC2)C1. The third kappa shape index (κ3) is 9.72. The molecule has 67 heavy (non-hydrogen) atoms. The summed E-state index contributed by atoms with van der Waals surface area (Å²) in [5, 5.41) is 0. The maximum absolute atomic E-state index is 14.0. The first kappa shape index (κ1) is 46.4. The van der Waals surface area contributed by atoms with E-state index in [4.69, 9.17) is 28.9 Å². The van der Waals surface area contributed by atoms with E-state index >= 15 is 0 Å². The number of benzene rings is 2. The highest BCUT2D eigenvalue weighted by atomic mass is 16.6. The fourth-order valence-electron chi connectivity index (χ4n) is 10.2. The van der Waals surface area contributed by atoms with Gasteiger partial charge < -0.3 is 38.7 Å². The maximum atomic E-state index is 14.0. The number of methoxy groups -OCH3 is 4. The van der Waals surface area contributed by atoms with Crippen LogP contribution in [0.4, 0.5) is 19.2 Å². The van der Waals surface area contributed by atoms with E-state index in [9.17, 15) is 28.8 Å². The van der Waals surface area contributed by atoms with E-state index in [1.165, 1.54) is 28.4 Å². The van der Waals surface area contributed by atoms with Crippen LogP contribution < -0.4 is 0 Å². The van der Waals surface area contributed by atoms with E-state index in [0.717, 1.165) is 67.5 Å². The minimum Gasteiger partial charge on any atom is -0.452 e. The summed E-state index contributed by atoms with van der Waals surface area (Å²) in [4.78, 5) is 99.3. The highest BCUT2D eigenvalue weighted by Gasteiger charge is 2.42. The Kier molecular flexibility index (Phi) is 13.9. The lowest BCUT2D eigenvalue weighted by Gasteiger charge is -2.35. The molecule has 2 N–H and O–H groups in total. The van der Waals surface area contributed by atoms with E-state index in [1.54, 1.807) is 6.20 Å². The van der Waals surface area contributed by atoms with Crippen LogP contribution in [-0.2, 0) is 28.5 Å². The first-order chi connectivity index (χ1) is 32.4. The van der Waals surface area contributed by atoms with Crippen molar-refractivity contribution < 1.29 is 47.7 Å². The Morgan fingerprint density at radius 3 is 1.76 bits per heavy atom. The van der Waals surface area contributed by atoms with Gasteiger partial charge in [-0.1, -0.05) is 36.1 Å². The molecular formula is C49H56N8O10. The lowest BCUT2D eigenvalue weighted by Crippen LogP contribution is -2.47. The van der Waals surface area contributed by atoms with Crippen LogP contribution in [0.2, 0.25) is 0 Å². The molecule has 2 aliphatic heterocycles. The molecule has 2 aliphatic carbocycles. The van der Waals surface area contributed by atoms with Gasteiger partial charge in [-0.25, -0.2) is 38.9 Å². The van der Waals surface area contributed by atoms with Crippen molar-refractivity contribution in [3.63, 3.8) is 0 Å². The van der Waals surface area contributed by atoms with E-state index in [2.05, 4.69) is 28.4 Å². The summed E-state index contributed by atoms with van der Waals surface area (Å²) in [7, 11) is 4.88. The molecule has 18 heteroatoms. The predicted octanol–water partition coefficient (Wildman–Crippen LogP) is 7.63. The standard InChI is InChI=1S/C49H56N8O10/c1-29-25-41(55(28-29)45(59)34-17-21-36(22-18-34)57(48(62)66-4)49(63)67-5)43-51-37-23-12-31(26-38(37)52-43)9-8-30-10-13-32(14-11-30)39-27-50-42(53-39)40-7-6-24-54(40)44(58)33-15-19-35(20-16-33)56(46(60)64-2)47(61)65-3/h10-14,23,26-27,33-36,40-41H,1,6-7,15-22,24-25,28H2,2-5H3,(H,50,53)(H,51,52)/t33?,34?,35?,36?,40-,41-/m0/s1. The number of H-pyrrole nitrogens is 2. The molecule has 4 aliphatic rings. The number of hydrogen-bond acceptors (Lipinski definition) is 12. The lowest BCUT2D eigenvalue weighted by atomic mass is 9.84. The number of nitrogens with one attached hydrogen (secondary N) is 2. The molecule has 352 valence electrons. The lowest BCUT2D eigenvalue weighted by molar-refractivity contribution is -0.138. The molecule has 2 aromatic heterocycles. The Balaban J connectivity index is 0.874. The second kappa shape index (κ2) is 20.1. The van der Waals surface area contributed by atoms with Crippen molar-refractivity contribution in [2.75, 3.05) is 41.5 Å². The first-order valence-electron chi connectivity index (χ1n) is 22.8. The van der Waals surface area contributed by atoms with Crippen LogP contribution in [0.1, 0.15) is 105 Å². The molecule has 4 aromatic rings. The topological polar surface area (TPSA) is 210 Å². The highest BCUT2D eigenvalue weighted by Crippen LogP contribution is 2.39. The number of imide groups is 2. The quantitative estimate of drug-likeness (QED) is 0.104.